The first-order valence-corrected chi connectivity index (χ1v) is 5.44. The van der Waals surface area contributed by atoms with Crippen molar-refractivity contribution in [1.29, 1.82) is 0 Å². The third-order valence-electron chi connectivity index (χ3n) is 2.38. The molecule has 0 fully saturated rings. The smallest absolute Gasteiger partial charge is 0.0743 e. The van der Waals surface area contributed by atoms with Crippen LogP contribution in [0.25, 0.3) is 0 Å². The van der Waals surface area contributed by atoms with E-state index in [2.05, 4.69) is 17.3 Å². The van der Waals surface area contributed by atoms with Gasteiger partial charge in [-0.15, -0.1) is 0 Å². The number of aliphatic hydroxyl groups is 1. The van der Waals surface area contributed by atoms with Gasteiger partial charge in [-0.05, 0) is 13.3 Å². The van der Waals surface area contributed by atoms with E-state index in [-0.39, 0.29) is 0 Å². The molecule has 1 aromatic rings. The van der Waals surface area contributed by atoms with E-state index in [9.17, 15) is 5.11 Å². The van der Waals surface area contributed by atoms with Crippen LogP contribution < -0.4 is 5.32 Å². The highest BCUT2D eigenvalue weighted by molar-refractivity contribution is 5.02. The Morgan fingerprint density at radius 2 is 2.33 bits per heavy atom. The van der Waals surface area contributed by atoms with Gasteiger partial charge in [-0.3, -0.25) is 4.68 Å². The second kappa shape index (κ2) is 5.28. The Hall–Kier alpha value is -0.870. The summed E-state index contributed by atoms with van der Waals surface area (Å²) in [5.74, 6) is 0. The zero-order valence-electron chi connectivity index (χ0n) is 9.82. The quantitative estimate of drug-likeness (QED) is 0.740. The Bertz CT molecular complexity index is 294. The van der Waals surface area contributed by atoms with Crippen molar-refractivity contribution in [1.82, 2.24) is 15.1 Å². The molecule has 1 rings (SSSR count). The lowest BCUT2D eigenvalue weighted by Crippen LogP contribution is -2.37. The second-order valence-electron chi connectivity index (χ2n) is 4.37. The summed E-state index contributed by atoms with van der Waals surface area (Å²) < 4.78 is 1.78. The average Bonchev–Trinajstić information content (AvgIpc) is 2.51. The Labute approximate surface area is 91.3 Å². The molecule has 0 saturated heterocycles. The molecule has 1 unspecified atom stereocenters. The summed E-state index contributed by atoms with van der Waals surface area (Å²) >= 11 is 0. The van der Waals surface area contributed by atoms with Gasteiger partial charge in [-0.1, -0.05) is 13.3 Å². The summed E-state index contributed by atoms with van der Waals surface area (Å²) in [4.78, 5) is 0. The van der Waals surface area contributed by atoms with Crippen molar-refractivity contribution in [3.63, 3.8) is 0 Å². The molecule has 0 bridgehead atoms. The van der Waals surface area contributed by atoms with E-state index >= 15 is 0 Å². The summed E-state index contributed by atoms with van der Waals surface area (Å²) in [6, 6.07) is 0. The molecular formula is C11H21N3O. The number of nitrogens with zero attached hydrogens (tertiary/aromatic N) is 2. The molecule has 0 saturated carbocycles. The molecule has 4 heteroatoms. The van der Waals surface area contributed by atoms with Crippen LogP contribution in [0.5, 0.6) is 0 Å². The topological polar surface area (TPSA) is 50.1 Å². The van der Waals surface area contributed by atoms with E-state index in [0.29, 0.717) is 6.54 Å². The lowest BCUT2D eigenvalue weighted by Gasteiger charge is -2.22. The third-order valence-corrected chi connectivity index (χ3v) is 2.38. The SMILES string of the molecule is CCCC(C)(O)CNCc1cnn(C)c1. The van der Waals surface area contributed by atoms with Crippen molar-refractivity contribution in [3.8, 4) is 0 Å². The largest absolute Gasteiger partial charge is 0.389 e. The first-order chi connectivity index (χ1) is 7.03. The van der Waals surface area contributed by atoms with Crippen LogP contribution in [0.15, 0.2) is 12.4 Å². The van der Waals surface area contributed by atoms with Crippen LogP contribution in [0.1, 0.15) is 32.3 Å². The number of aromatic nitrogens is 2. The molecule has 0 aliphatic heterocycles. The summed E-state index contributed by atoms with van der Waals surface area (Å²) in [5, 5.41) is 17.2. The fourth-order valence-electron chi connectivity index (χ4n) is 1.67. The standard InChI is InChI=1S/C11H21N3O/c1-4-5-11(2,15)9-12-6-10-7-13-14(3)8-10/h7-8,12,15H,4-6,9H2,1-3H3. The van der Waals surface area contributed by atoms with Crippen LogP contribution in [0, 0.1) is 0 Å². The molecule has 0 spiro atoms. The summed E-state index contributed by atoms with van der Waals surface area (Å²) in [7, 11) is 1.90. The predicted octanol–water partition coefficient (Wildman–Crippen LogP) is 1.06. The van der Waals surface area contributed by atoms with Crippen LogP contribution in [-0.2, 0) is 13.6 Å². The van der Waals surface area contributed by atoms with Crippen LogP contribution in [0.2, 0.25) is 0 Å². The van der Waals surface area contributed by atoms with Crippen molar-refractivity contribution in [2.45, 2.75) is 38.8 Å². The molecule has 1 heterocycles. The van der Waals surface area contributed by atoms with E-state index < -0.39 is 5.60 Å². The van der Waals surface area contributed by atoms with Crippen molar-refractivity contribution < 1.29 is 5.11 Å². The number of hydrogen-bond acceptors (Lipinski definition) is 3. The molecule has 2 N–H and O–H groups in total. The van der Waals surface area contributed by atoms with Crippen LogP contribution in [0.4, 0.5) is 0 Å². The summed E-state index contributed by atoms with van der Waals surface area (Å²) in [6.07, 6.45) is 5.64. The van der Waals surface area contributed by atoms with Gasteiger partial charge in [0, 0.05) is 31.9 Å². The van der Waals surface area contributed by atoms with Gasteiger partial charge in [0.15, 0.2) is 0 Å². The molecule has 0 aliphatic rings. The highest BCUT2D eigenvalue weighted by Crippen LogP contribution is 2.10. The van der Waals surface area contributed by atoms with Gasteiger partial charge in [0.25, 0.3) is 0 Å². The van der Waals surface area contributed by atoms with Gasteiger partial charge in [0.2, 0.25) is 0 Å². The van der Waals surface area contributed by atoms with Crippen LogP contribution in [0.3, 0.4) is 0 Å². The molecule has 15 heavy (non-hydrogen) atoms. The molecule has 86 valence electrons. The maximum absolute atomic E-state index is 9.91. The van der Waals surface area contributed by atoms with Crippen molar-refractivity contribution >= 4 is 0 Å². The molecule has 4 nitrogen and oxygen atoms in total. The third kappa shape index (κ3) is 4.44. The van der Waals surface area contributed by atoms with Gasteiger partial charge < -0.3 is 10.4 Å². The summed E-state index contributed by atoms with van der Waals surface area (Å²) in [5.41, 5.74) is 0.543. The van der Waals surface area contributed by atoms with E-state index in [0.717, 1.165) is 24.9 Å². The number of nitrogens with one attached hydrogen (secondary N) is 1. The summed E-state index contributed by atoms with van der Waals surface area (Å²) in [6.45, 7) is 5.33. The van der Waals surface area contributed by atoms with E-state index in [1.165, 1.54) is 0 Å². The molecule has 1 atom stereocenters. The van der Waals surface area contributed by atoms with Gasteiger partial charge >= 0.3 is 0 Å². The average molecular weight is 211 g/mol. The van der Waals surface area contributed by atoms with E-state index in [4.69, 9.17) is 0 Å². The van der Waals surface area contributed by atoms with Crippen molar-refractivity contribution in [3.05, 3.63) is 18.0 Å². The second-order valence-corrected chi connectivity index (χ2v) is 4.37. The lowest BCUT2D eigenvalue weighted by molar-refractivity contribution is 0.0498. The van der Waals surface area contributed by atoms with Crippen molar-refractivity contribution in [2.24, 2.45) is 7.05 Å². The number of rotatable bonds is 6. The minimum atomic E-state index is -0.600. The fraction of sp³-hybridized carbons (Fsp3) is 0.727. The monoisotopic (exact) mass is 211 g/mol. The zero-order valence-corrected chi connectivity index (χ0v) is 9.82. The minimum absolute atomic E-state index is 0.600. The Morgan fingerprint density at radius 3 is 2.87 bits per heavy atom. The minimum Gasteiger partial charge on any atom is -0.389 e. The Morgan fingerprint density at radius 1 is 1.60 bits per heavy atom. The normalized spacial score (nSPS) is 15.2. The molecule has 0 radical (unpaired) electrons. The highest BCUT2D eigenvalue weighted by Gasteiger charge is 2.17. The molecular weight excluding hydrogens is 190 g/mol. The zero-order chi connectivity index (χ0) is 11.3. The first-order valence-electron chi connectivity index (χ1n) is 5.44. The van der Waals surface area contributed by atoms with Crippen LogP contribution in [-0.4, -0.2) is 27.0 Å². The molecule has 1 aromatic heterocycles. The van der Waals surface area contributed by atoms with Gasteiger partial charge in [0.1, 0.15) is 0 Å². The molecule has 0 aromatic carbocycles. The number of aryl methyl sites for hydroxylation is 1. The Kier molecular flexibility index (Phi) is 4.29. The molecule has 0 amide bonds. The predicted molar refractivity (Wildman–Crippen MR) is 60.4 cm³/mol. The highest BCUT2D eigenvalue weighted by atomic mass is 16.3. The van der Waals surface area contributed by atoms with Gasteiger partial charge in [0.05, 0.1) is 11.8 Å². The lowest BCUT2D eigenvalue weighted by atomic mass is 10.0. The van der Waals surface area contributed by atoms with E-state index in [1.807, 2.05) is 26.4 Å². The first kappa shape index (κ1) is 12.2. The van der Waals surface area contributed by atoms with Crippen molar-refractivity contribution in [2.75, 3.05) is 6.54 Å². The maximum Gasteiger partial charge on any atom is 0.0743 e. The van der Waals surface area contributed by atoms with E-state index in [1.54, 1.807) is 4.68 Å². The van der Waals surface area contributed by atoms with Gasteiger partial charge in [-0.25, -0.2) is 0 Å². The number of hydrogen-bond donors (Lipinski definition) is 2. The fourth-order valence-corrected chi connectivity index (χ4v) is 1.67. The Balaban J connectivity index is 2.27. The van der Waals surface area contributed by atoms with Crippen LogP contribution >= 0.6 is 0 Å². The maximum atomic E-state index is 9.91. The van der Waals surface area contributed by atoms with Gasteiger partial charge in [-0.2, -0.15) is 5.10 Å². The molecule has 0 aliphatic carbocycles.